The Labute approximate surface area is 130 Å². The van der Waals surface area contributed by atoms with E-state index in [9.17, 15) is 0 Å². The first kappa shape index (κ1) is 14.8. The molecule has 5 nitrogen and oxygen atoms in total. The summed E-state index contributed by atoms with van der Waals surface area (Å²) >= 11 is 5.53. The largest absolute Gasteiger partial charge is 0.328 e. The molecule has 2 aromatic heterocycles. The summed E-state index contributed by atoms with van der Waals surface area (Å²) < 4.78 is 5.00. The first-order valence-electron chi connectivity index (χ1n) is 7.97. The molecule has 0 saturated carbocycles. The summed E-state index contributed by atoms with van der Waals surface area (Å²) in [5.74, 6) is 0.591. The van der Waals surface area contributed by atoms with Crippen LogP contribution in [0.2, 0.25) is 0 Å². The number of H-pyrrole nitrogens is 1. The van der Waals surface area contributed by atoms with Crippen molar-refractivity contribution >= 4 is 23.4 Å². The smallest absolute Gasteiger partial charge is 0.179 e. The average molecular weight is 307 g/mol. The molecule has 1 fully saturated rings. The normalized spacial score (nSPS) is 17.9. The van der Waals surface area contributed by atoms with Crippen LogP contribution in [0.1, 0.15) is 32.4 Å². The lowest BCUT2D eigenvalue weighted by atomic mass is 10.1. The zero-order chi connectivity index (χ0) is 15.0. The Morgan fingerprint density at radius 2 is 2.00 bits per heavy atom. The Hall–Kier alpha value is -1.14. The summed E-state index contributed by atoms with van der Waals surface area (Å²) in [7, 11) is 2.01. The van der Waals surface area contributed by atoms with E-state index in [1.165, 1.54) is 25.9 Å². The summed E-state index contributed by atoms with van der Waals surface area (Å²) in [6.07, 6.45) is 3.63. The minimum atomic E-state index is 0.591. The van der Waals surface area contributed by atoms with Crippen molar-refractivity contribution in [3.8, 4) is 0 Å². The van der Waals surface area contributed by atoms with Gasteiger partial charge < -0.3 is 14.5 Å². The fraction of sp³-hybridized carbons (Fsp3) is 0.733. The number of aryl methyl sites for hydroxylation is 2. The molecule has 21 heavy (non-hydrogen) atoms. The summed E-state index contributed by atoms with van der Waals surface area (Å²) in [6.45, 7) is 9.07. The van der Waals surface area contributed by atoms with Crippen LogP contribution >= 0.6 is 12.2 Å². The number of rotatable bonds is 5. The Bertz CT molecular complexity index is 674. The van der Waals surface area contributed by atoms with Crippen molar-refractivity contribution in [3.05, 3.63) is 10.5 Å². The van der Waals surface area contributed by atoms with Gasteiger partial charge in [-0.25, -0.2) is 0 Å². The highest BCUT2D eigenvalue weighted by atomic mass is 32.1. The second-order valence-corrected chi connectivity index (χ2v) is 6.66. The molecule has 3 heterocycles. The molecule has 3 rings (SSSR count). The molecule has 1 saturated heterocycles. The van der Waals surface area contributed by atoms with E-state index in [0.29, 0.717) is 5.92 Å². The molecular formula is C15H25N5S. The van der Waals surface area contributed by atoms with Crippen molar-refractivity contribution in [2.45, 2.75) is 39.7 Å². The van der Waals surface area contributed by atoms with Crippen molar-refractivity contribution < 1.29 is 0 Å². The minimum Gasteiger partial charge on any atom is -0.328 e. The Balaban J connectivity index is 1.84. The highest BCUT2D eigenvalue weighted by molar-refractivity contribution is 7.71. The standard InChI is InChI=1S/C15H25N5S/c1-4-12-13-14(18(3)17-12)20(15(21)16-13)10-11(2)9-19-7-5-6-8-19/h11H,4-10H2,1-3H3,(H,16,21). The molecule has 0 bridgehead atoms. The van der Waals surface area contributed by atoms with Gasteiger partial charge in [-0.3, -0.25) is 4.68 Å². The molecule has 116 valence electrons. The van der Waals surface area contributed by atoms with E-state index in [1.54, 1.807) is 0 Å². The van der Waals surface area contributed by atoms with Gasteiger partial charge in [0.1, 0.15) is 5.52 Å². The van der Waals surface area contributed by atoms with Crippen LogP contribution in [0.15, 0.2) is 0 Å². The van der Waals surface area contributed by atoms with Crippen LogP contribution in [0, 0.1) is 10.7 Å². The lowest BCUT2D eigenvalue weighted by Gasteiger charge is -2.20. The van der Waals surface area contributed by atoms with Gasteiger partial charge in [-0.15, -0.1) is 0 Å². The second kappa shape index (κ2) is 5.93. The quantitative estimate of drug-likeness (QED) is 0.864. The summed E-state index contributed by atoms with van der Waals surface area (Å²) in [5, 5.41) is 4.59. The average Bonchev–Trinajstić information content (AvgIpc) is 3.11. The number of nitrogens with zero attached hydrogens (tertiary/aromatic N) is 4. The predicted molar refractivity (Wildman–Crippen MR) is 88.1 cm³/mol. The molecule has 0 radical (unpaired) electrons. The second-order valence-electron chi connectivity index (χ2n) is 6.28. The van der Waals surface area contributed by atoms with Gasteiger partial charge in [-0.2, -0.15) is 5.10 Å². The molecule has 1 N–H and O–H groups in total. The number of nitrogens with one attached hydrogen (secondary N) is 1. The van der Waals surface area contributed by atoms with Crippen LogP contribution in [0.5, 0.6) is 0 Å². The van der Waals surface area contributed by atoms with Gasteiger partial charge in [0.25, 0.3) is 0 Å². The van der Waals surface area contributed by atoms with Gasteiger partial charge in [0.2, 0.25) is 0 Å². The fourth-order valence-electron chi connectivity index (χ4n) is 3.47. The van der Waals surface area contributed by atoms with Crippen LogP contribution in [0.3, 0.4) is 0 Å². The number of aromatic amines is 1. The van der Waals surface area contributed by atoms with Gasteiger partial charge >= 0.3 is 0 Å². The molecule has 0 aromatic carbocycles. The molecule has 0 amide bonds. The van der Waals surface area contributed by atoms with E-state index in [2.05, 4.69) is 33.4 Å². The highest BCUT2D eigenvalue weighted by Gasteiger charge is 2.18. The maximum Gasteiger partial charge on any atom is 0.179 e. The fourth-order valence-corrected chi connectivity index (χ4v) is 3.73. The monoisotopic (exact) mass is 307 g/mol. The third kappa shape index (κ3) is 2.79. The van der Waals surface area contributed by atoms with Crippen LogP contribution in [-0.4, -0.2) is 43.9 Å². The molecule has 2 aromatic rings. The lowest BCUT2D eigenvalue weighted by Crippen LogP contribution is -2.27. The molecule has 0 spiro atoms. The number of aromatic nitrogens is 4. The van der Waals surface area contributed by atoms with E-state index in [-0.39, 0.29) is 0 Å². The first-order chi connectivity index (χ1) is 10.1. The summed E-state index contributed by atoms with van der Waals surface area (Å²) in [6, 6.07) is 0. The number of likely N-dealkylation sites (tertiary alicyclic amines) is 1. The van der Waals surface area contributed by atoms with E-state index in [4.69, 9.17) is 12.2 Å². The summed E-state index contributed by atoms with van der Waals surface area (Å²) in [5.41, 5.74) is 3.34. The molecular weight excluding hydrogens is 282 g/mol. The minimum absolute atomic E-state index is 0.591. The van der Waals surface area contributed by atoms with E-state index >= 15 is 0 Å². The number of hydrogen-bond donors (Lipinski definition) is 1. The van der Waals surface area contributed by atoms with E-state index in [1.807, 2.05) is 11.7 Å². The lowest BCUT2D eigenvalue weighted by molar-refractivity contribution is 0.272. The Morgan fingerprint density at radius 3 is 2.67 bits per heavy atom. The van der Waals surface area contributed by atoms with Crippen LogP contribution in [0.4, 0.5) is 0 Å². The zero-order valence-electron chi connectivity index (χ0n) is 13.2. The van der Waals surface area contributed by atoms with Gasteiger partial charge in [0.05, 0.1) is 5.69 Å². The topological polar surface area (TPSA) is 41.8 Å². The highest BCUT2D eigenvalue weighted by Crippen LogP contribution is 2.20. The molecule has 1 unspecified atom stereocenters. The maximum atomic E-state index is 5.53. The van der Waals surface area contributed by atoms with Crippen LogP contribution < -0.4 is 0 Å². The number of fused-ring (bicyclic) bond motifs is 1. The van der Waals surface area contributed by atoms with Crippen molar-refractivity contribution in [3.63, 3.8) is 0 Å². The molecule has 1 aliphatic rings. The zero-order valence-corrected chi connectivity index (χ0v) is 14.0. The van der Waals surface area contributed by atoms with E-state index in [0.717, 1.165) is 41.1 Å². The number of hydrogen-bond acceptors (Lipinski definition) is 3. The van der Waals surface area contributed by atoms with Gasteiger partial charge in [0, 0.05) is 20.1 Å². The SMILES string of the molecule is CCc1nn(C)c2c1[nH]c(=S)n2CC(C)CN1CCCC1. The third-order valence-electron chi connectivity index (χ3n) is 4.42. The number of imidazole rings is 1. The first-order valence-corrected chi connectivity index (χ1v) is 8.37. The Kier molecular flexibility index (Phi) is 4.17. The molecule has 0 aliphatic carbocycles. The van der Waals surface area contributed by atoms with E-state index < -0.39 is 0 Å². The third-order valence-corrected chi connectivity index (χ3v) is 4.74. The van der Waals surface area contributed by atoms with Crippen molar-refractivity contribution in [2.75, 3.05) is 19.6 Å². The molecule has 6 heteroatoms. The molecule has 1 atom stereocenters. The van der Waals surface area contributed by atoms with Crippen LogP contribution in [0.25, 0.3) is 11.2 Å². The summed E-state index contributed by atoms with van der Waals surface area (Å²) in [4.78, 5) is 5.92. The van der Waals surface area contributed by atoms with Crippen molar-refractivity contribution in [1.82, 2.24) is 24.2 Å². The van der Waals surface area contributed by atoms with Gasteiger partial charge in [-0.05, 0) is 50.5 Å². The predicted octanol–water partition coefficient (Wildman–Crippen LogP) is 2.73. The van der Waals surface area contributed by atoms with Crippen LogP contribution in [-0.2, 0) is 20.0 Å². The van der Waals surface area contributed by atoms with Gasteiger partial charge in [-0.1, -0.05) is 13.8 Å². The maximum absolute atomic E-state index is 5.53. The molecule has 1 aliphatic heterocycles. The Morgan fingerprint density at radius 1 is 1.29 bits per heavy atom. The van der Waals surface area contributed by atoms with Gasteiger partial charge in [0.15, 0.2) is 10.4 Å². The van der Waals surface area contributed by atoms with Crippen molar-refractivity contribution in [1.29, 1.82) is 0 Å². The van der Waals surface area contributed by atoms with Crippen molar-refractivity contribution in [2.24, 2.45) is 13.0 Å².